The van der Waals surface area contributed by atoms with Crippen LogP contribution in [-0.2, 0) is 14.3 Å². The van der Waals surface area contributed by atoms with Gasteiger partial charge >= 0.3 is 12.0 Å². The van der Waals surface area contributed by atoms with Crippen molar-refractivity contribution in [2.75, 3.05) is 11.5 Å². The third-order valence-corrected chi connectivity index (χ3v) is 4.16. The van der Waals surface area contributed by atoms with E-state index in [0.717, 1.165) is 36.7 Å². The third-order valence-electron chi connectivity index (χ3n) is 4.16. The van der Waals surface area contributed by atoms with E-state index < -0.39 is 17.9 Å². The van der Waals surface area contributed by atoms with Gasteiger partial charge in [-0.3, -0.25) is 4.79 Å². The number of carbonyl (C=O) groups excluding carboxylic acids is 3. The minimum Gasteiger partial charge on any atom is -0.462 e. The van der Waals surface area contributed by atoms with Crippen molar-refractivity contribution >= 4 is 23.6 Å². The second kappa shape index (κ2) is 9.01. The number of anilines is 1. The van der Waals surface area contributed by atoms with Crippen LogP contribution in [0.5, 0.6) is 0 Å². The van der Waals surface area contributed by atoms with Crippen LogP contribution in [-0.4, -0.2) is 24.5 Å². The zero-order valence-electron chi connectivity index (χ0n) is 14.7. The van der Waals surface area contributed by atoms with Crippen LogP contribution in [0.25, 0.3) is 0 Å². The molecule has 0 saturated carbocycles. The van der Waals surface area contributed by atoms with Crippen LogP contribution in [0.4, 0.5) is 10.5 Å². The molecule has 6 heteroatoms. The number of hydrogen-bond acceptors (Lipinski definition) is 4. The first kappa shape index (κ1) is 18.7. The molecule has 1 atom stereocenters. The molecule has 134 valence electrons. The number of imide groups is 1. The van der Waals surface area contributed by atoms with Crippen LogP contribution < -0.4 is 10.2 Å². The molecule has 1 aliphatic heterocycles. The number of ether oxygens (including phenoxy) is 1. The minimum atomic E-state index is -0.617. The third kappa shape index (κ3) is 4.92. The number of rotatable bonds is 8. The van der Waals surface area contributed by atoms with Crippen molar-refractivity contribution in [1.29, 1.82) is 0 Å². The van der Waals surface area contributed by atoms with E-state index in [1.54, 1.807) is 30.3 Å². The molecule has 1 heterocycles. The molecule has 1 saturated heterocycles. The van der Waals surface area contributed by atoms with Crippen molar-refractivity contribution in [2.24, 2.45) is 5.92 Å². The fraction of sp³-hybridized carbons (Fsp3) is 0.421. The van der Waals surface area contributed by atoms with Crippen molar-refractivity contribution in [3.05, 3.63) is 42.1 Å². The monoisotopic (exact) mass is 344 g/mol. The summed E-state index contributed by atoms with van der Waals surface area (Å²) in [4.78, 5) is 37.3. The molecule has 0 spiro atoms. The Kier molecular flexibility index (Phi) is 6.74. The highest BCUT2D eigenvalue weighted by atomic mass is 16.5. The molecular formula is C19H24N2O4. The maximum atomic E-state index is 12.4. The summed E-state index contributed by atoms with van der Waals surface area (Å²) in [5.74, 6) is -0.864. The average molecular weight is 344 g/mol. The van der Waals surface area contributed by atoms with Gasteiger partial charge in [-0.25, -0.2) is 14.5 Å². The van der Waals surface area contributed by atoms with Gasteiger partial charge in [0.05, 0.1) is 18.4 Å². The normalized spacial score (nSPS) is 16.9. The molecule has 3 amide bonds. The molecule has 0 bridgehead atoms. The molecule has 0 aromatic heterocycles. The van der Waals surface area contributed by atoms with Gasteiger partial charge in [0.25, 0.3) is 5.91 Å². The number of unbranched alkanes of at least 4 members (excludes halogenated alkanes) is 1. The van der Waals surface area contributed by atoms with Crippen molar-refractivity contribution in [3.8, 4) is 0 Å². The number of amides is 3. The molecule has 6 nitrogen and oxygen atoms in total. The fourth-order valence-electron chi connectivity index (χ4n) is 2.60. The zero-order chi connectivity index (χ0) is 18.2. The summed E-state index contributed by atoms with van der Waals surface area (Å²) in [6.45, 7) is 4.50. The lowest BCUT2D eigenvalue weighted by Gasteiger charge is -2.13. The zero-order valence-corrected chi connectivity index (χ0v) is 14.7. The maximum Gasteiger partial charge on any atom is 0.333 e. The summed E-state index contributed by atoms with van der Waals surface area (Å²) in [5.41, 5.74) is 0.382. The molecule has 25 heavy (non-hydrogen) atoms. The van der Waals surface area contributed by atoms with Gasteiger partial charge in [0.1, 0.15) is 5.70 Å². The minimum absolute atomic E-state index is 0.0690. The smallest absolute Gasteiger partial charge is 0.333 e. The van der Waals surface area contributed by atoms with Crippen LogP contribution >= 0.6 is 0 Å². The summed E-state index contributed by atoms with van der Waals surface area (Å²) in [6.07, 6.45) is 5.19. The lowest BCUT2D eigenvalue weighted by molar-refractivity contribution is -0.139. The summed E-state index contributed by atoms with van der Waals surface area (Å²) in [5, 5.41) is 2.42. The van der Waals surface area contributed by atoms with Gasteiger partial charge in [-0.15, -0.1) is 0 Å². The predicted octanol–water partition coefficient (Wildman–Crippen LogP) is 3.39. The van der Waals surface area contributed by atoms with E-state index in [1.165, 1.54) is 0 Å². The number of nitrogens with zero attached hydrogens (tertiary/aromatic N) is 1. The van der Waals surface area contributed by atoms with E-state index in [2.05, 4.69) is 19.2 Å². The SMILES string of the molecule is CCCCC(CC)COC(=O)/C=C1\NC(=O)N(c2ccccc2)C1=O. The highest BCUT2D eigenvalue weighted by Crippen LogP contribution is 2.20. The van der Waals surface area contributed by atoms with E-state index in [4.69, 9.17) is 4.74 Å². The first-order chi connectivity index (χ1) is 12.1. The molecule has 2 rings (SSSR count). The molecule has 0 aliphatic carbocycles. The van der Waals surface area contributed by atoms with Gasteiger partial charge in [0.15, 0.2) is 0 Å². The molecule has 0 radical (unpaired) electrons. The Labute approximate surface area is 147 Å². The van der Waals surface area contributed by atoms with Crippen molar-refractivity contribution in [2.45, 2.75) is 39.5 Å². The number of para-hydroxylation sites is 1. The molecule has 1 aromatic rings. The lowest BCUT2D eigenvalue weighted by atomic mass is 10.0. The van der Waals surface area contributed by atoms with E-state index in [9.17, 15) is 14.4 Å². The van der Waals surface area contributed by atoms with Gasteiger partial charge in [-0.2, -0.15) is 0 Å². The van der Waals surface area contributed by atoms with E-state index >= 15 is 0 Å². The summed E-state index contributed by atoms with van der Waals surface area (Å²) in [6, 6.07) is 7.97. The first-order valence-corrected chi connectivity index (χ1v) is 8.65. The summed E-state index contributed by atoms with van der Waals surface area (Å²) >= 11 is 0. The summed E-state index contributed by atoms with van der Waals surface area (Å²) in [7, 11) is 0. The molecular weight excluding hydrogens is 320 g/mol. The number of carbonyl (C=O) groups is 3. The second-order valence-corrected chi connectivity index (χ2v) is 6.01. The number of esters is 1. The number of benzene rings is 1. The van der Waals surface area contributed by atoms with Crippen molar-refractivity contribution < 1.29 is 19.1 Å². The van der Waals surface area contributed by atoms with Gasteiger partial charge < -0.3 is 10.1 Å². The number of hydrogen-bond donors (Lipinski definition) is 1. The number of nitrogens with one attached hydrogen (secondary N) is 1. The van der Waals surface area contributed by atoms with Crippen molar-refractivity contribution in [1.82, 2.24) is 5.32 Å². The Morgan fingerprint density at radius 1 is 1.24 bits per heavy atom. The molecule has 1 aliphatic rings. The van der Waals surface area contributed by atoms with Gasteiger partial charge in [-0.05, 0) is 24.5 Å². The molecule has 1 fully saturated rings. The van der Waals surface area contributed by atoms with Crippen LogP contribution in [0.2, 0.25) is 0 Å². The molecule has 1 N–H and O–H groups in total. The first-order valence-electron chi connectivity index (χ1n) is 8.65. The van der Waals surface area contributed by atoms with Crippen LogP contribution in [0, 0.1) is 5.92 Å². The standard InChI is InChI=1S/C19H24N2O4/c1-3-5-9-14(4-2)13-25-17(22)12-16-18(23)21(19(24)20-16)15-10-7-6-8-11-15/h6-8,10-12,14H,3-5,9,13H2,1-2H3,(H,20,24)/b16-12-. The maximum absolute atomic E-state index is 12.4. The predicted molar refractivity (Wildman–Crippen MR) is 94.8 cm³/mol. The van der Waals surface area contributed by atoms with E-state index in [-0.39, 0.29) is 5.70 Å². The highest BCUT2D eigenvalue weighted by molar-refractivity contribution is 6.27. The Hall–Kier alpha value is -2.63. The van der Waals surface area contributed by atoms with E-state index in [0.29, 0.717) is 18.2 Å². The van der Waals surface area contributed by atoms with Crippen molar-refractivity contribution in [3.63, 3.8) is 0 Å². The quantitative estimate of drug-likeness (QED) is 0.445. The largest absolute Gasteiger partial charge is 0.462 e. The average Bonchev–Trinajstić information content (AvgIpc) is 2.89. The highest BCUT2D eigenvalue weighted by Gasteiger charge is 2.35. The molecule has 1 unspecified atom stereocenters. The lowest BCUT2D eigenvalue weighted by Crippen LogP contribution is -2.30. The van der Waals surface area contributed by atoms with E-state index in [1.807, 2.05) is 0 Å². The Morgan fingerprint density at radius 3 is 2.60 bits per heavy atom. The van der Waals surface area contributed by atoms with Crippen LogP contribution in [0.3, 0.4) is 0 Å². The Morgan fingerprint density at radius 2 is 1.96 bits per heavy atom. The van der Waals surface area contributed by atoms with Gasteiger partial charge in [-0.1, -0.05) is 51.3 Å². The topological polar surface area (TPSA) is 75.7 Å². The van der Waals surface area contributed by atoms with Gasteiger partial charge in [0, 0.05) is 0 Å². The fourth-order valence-corrected chi connectivity index (χ4v) is 2.60. The van der Waals surface area contributed by atoms with Crippen LogP contribution in [0.15, 0.2) is 42.1 Å². The second-order valence-electron chi connectivity index (χ2n) is 6.01. The Balaban J connectivity index is 1.98. The summed E-state index contributed by atoms with van der Waals surface area (Å²) < 4.78 is 5.24. The Bertz CT molecular complexity index is 655. The van der Waals surface area contributed by atoms with Crippen LogP contribution in [0.1, 0.15) is 39.5 Å². The number of urea groups is 1. The van der Waals surface area contributed by atoms with Gasteiger partial charge in [0.2, 0.25) is 0 Å². The molecule has 1 aromatic carbocycles.